The molecule has 0 aliphatic heterocycles. The Hall–Kier alpha value is -0.340. The van der Waals surface area contributed by atoms with Crippen molar-refractivity contribution in [2.75, 3.05) is 0 Å². The van der Waals surface area contributed by atoms with Gasteiger partial charge in [0.25, 0.3) is 0 Å². The first-order valence-electron chi connectivity index (χ1n) is 7.67. The van der Waals surface area contributed by atoms with Crippen LogP contribution < -0.4 is 5.32 Å². The Morgan fingerprint density at radius 3 is 2.58 bits per heavy atom. The van der Waals surface area contributed by atoms with Gasteiger partial charge in [0, 0.05) is 17.1 Å². The van der Waals surface area contributed by atoms with Crippen LogP contribution in [0.5, 0.6) is 0 Å². The molecule has 106 valence electrons. The van der Waals surface area contributed by atoms with Crippen molar-refractivity contribution in [2.45, 2.75) is 65.0 Å². The van der Waals surface area contributed by atoms with Crippen LogP contribution in [0.15, 0.2) is 22.7 Å². The number of rotatable bonds is 5. The summed E-state index contributed by atoms with van der Waals surface area (Å²) in [7, 11) is 0. The molecule has 0 unspecified atom stereocenters. The average Bonchev–Trinajstić information content (AvgIpc) is 2.40. The van der Waals surface area contributed by atoms with Gasteiger partial charge in [-0.05, 0) is 55.7 Å². The second kappa shape index (κ2) is 7.44. The summed E-state index contributed by atoms with van der Waals surface area (Å²) in [5.74, 6) is 0.995. The van der Waals surface area contributed by atoms with Crippen LogP contribution in [-0.2, 0) is 6.54 Å². The summed E-state index contributed by atoms with van der Waals surface area (Å²) in [6, 6.07) is 7.35. The van der Waals surface area contributed by atoms with E-state index in [4.69, 9.17) is 0 Å². The molecule has 0 saturated heterocycles. The highest BCUT2D eigenvalue weighted by Crippen LogP contribution is 2.28. The van der Waals surface area contributed by atoms with Crippen LogP contribution in [0.1, 0.15) is 56.6 Å². The van der Waals surface area contributed by atoms with Crippen LogP contribution in [-0.4, -0.2) is 6.04 Å². The van der Waals surface area contributed by atoms with E-state index in [2.05, 4.69) is 53.3 Å². The van der Waals surface area contributed by atoms with Crippen molar-refractivity contribution in [3.8, 4) is 0 Å². The molecule has 2 heteroatoms. The van der Waals surface area contributed by atoms with Gasteiger partial charge in [0.1, 0.15) is 0 Å². The molecule has 19 heavy (non-hydrogen) atoms. The predicted octanol–water partition coefficient (Wildman–Crippen LogP) is 5.21. The molecule has 1 fully saturated rings. The van der Waals surface area contributed by atoms with Crippen LogP contribution >= 0.6 is 15.9 Å². The number of hydrogen-bond donors (Lipinski definition) is 1. The molecule has 1 aromatic carbocycles. The van der Waals surface area contributed by atoms with E-state index in [9.17, 15) is 0 Å². The van der Waals surface area contributed by atoms with Crippen LogP contribution in [0, 0.1) is 12.8 Å². The summed E-state index contributed by atoms with van der Waals surface area (Å²) in [5, 5.41) is 3.73. The fourth-order valence-electron chi connectivity index (χ4n) is 3.11. The summed E-state index contributed by atoms with van der Waals surface area (Å²) in [5.41, 5.74) is 2.69. The minimum absolute atomic E-state index is 0.723. The number of nitrogens with one attached hydrogen (secondary N) is 1. The first-order chi connectivity index (χ1) is 9.19. The first kappa shape index (κ1) is 15.1. The molecule has 0 spiro atoms. The van der Waals surface area contributed by atoms with Gasteiger partial charge in [-0.3, -0.25) is 0 Å². The maximum Gasteiger partial charge on any atom is 0.0222 e. The van der Waals surface area contributed by atoms with Crippen molar-refractivity contribution in [2.24, 2.45) is 5.92 Å². The number of hydrogen-bond acceptors (Lipinski definition) is 1. The fourth-order valence-corrected chi connectivity index (χ4v) is 3.75. The Labute approximate surface area is 126 Å². The third-order valence-corrected chi connectivity index (χ3v) is 5.07. The lowest BCUT2D eigenvalue weighted by molar-refractivity contribution is 0.277. The monoisotopic (exact) mass is 323 g/mol. The maximum absolute atomic E-state index is 3.73. The minimum atomic E-state index is 0.723. The zero-order valence-electron chi connectivity index (χ0n) is 12.2. The molecule has 2 rings (SSSR count). The number of aryl methyl sites for hydroxylation is 1. The van der Waals surface area contributed by atoms with Crippen molar-refractivity contribution in [1.29, 1.82) is 0 Å². The summed E-state index contributed by atoms with van der Waals surface area (Å²) in [6.45, 7) is 5.43. The minimum Gasteiger partial charge on any atom is -0.310 e. The molecular weight excluding hydrogens is 298 g/mol. The van der Waals surface area contributed by atoms with Crippen LogP contribution in [0.2, 0.25) is 0 Å². The van der Waals surface area contributed by atoms with Gasteiger partial charge in [-0.25, -0.2) is 0 Å². The zero-order valence-corrected chi connectivity index (χ0v) is 13.8. The van der Waals surface area contributed by atoms with E-state index in [0.717, 1.165) is 18.5 Å². The van der Waals surface area contributed by atoms with E-state index < -0.39 is 0 Å². The fraction of sp³-hybridized carbons (Fsp3) is 0.647. The molecule has 1 aliphatic carbocycles. The first-order valence-corrected chi connectivity index (χ1v) is 8.46. The van der Waals surface area contributed by atoms with E-state index in [-0.39, 0.29) is 0 Å². The standard InChI is InChI=1S/C17H26BrN/c1-3-4-14-6-9-16(10-7-14)19-12-15-8-5-13(2)11-17(15)18/h5,8,11,14,16,19H,3-4,6-7,9-10,12H2,1-2H3. The van der Waals surface area contributed by atoms with Crippen molar-refractivity contribution in [1.82, 2.24) is 5.32 Å². The normalized spacial score (nSPS) is 23.5. The topological polar surface area (TPSA) is 12.0 Å². The van der Waals surface area contributed by atoms with E-state index in [1.165, 1.54) is 54.1 Å². The molecule has 0 atom stereocenters. The van der Waals surface area contributed by atoms with Crippen molar-refractivity contribution in [3.05, 3.63) is 33.8 Å². The number of halogens is 1. The van der Waals surface area contributed by atoms with Gasteiger partial charge < -0.3 is 5.32 Å². The molecule has 1 nitrogen and oxygen atoms in total. The van der Waals surface area contributed by atoms with Crippen molar-refractivity contribution >= 4 is 15.9 Å². The molecule has 0 amide bonds. The van der Waals surface area contributed by atoms with Gasteiger partial charge in [0.05, 0.1) is 0 Å². The molecular formula is C17H26BrN. The van der Waals surface area contributed by atoms with Gasteiger partial charge >= 0.3 is 0 Å². The third kappa shape index (κ3) is 4.61. The molecule has 1 aromatic rings. The lowest BCUT2D eigenvalue weighted by atomic mass is 9.83. The van der Waals surface area contributed by atoms with Gasteiger partial charge in [-0.1, -0.05) is 47.8 Å². The van der Waals surface area contributed by atoms with Gasteiger partial charge in [-0.2, -0.15) is 0 Å². The molecule has 0 bridgehead atoms. The summed E-state index contributed by atoms with van der Waals surface area (Å²) in [6.07, 6.45) is 8.32. The third-order valence-electron chi connectivity index (χ3n) is 4.33. The van der Waals surface area contributed by atoms with Gasteiger partial charge in [0.15, 0.2) is 0 Å². The lowest BCUT2D eigenvalue weighted by Crippen LogP contribution is -2.32. The summed E-state index contributed by atoms with van der Waals surface area (Å²) >= 11 is 3.66. The van der Waals surface area contributed by atoms with E-state index >= 15 is 0 Å². The molecule has 0 radical (unpaired) electrons. The molecule has 1 N–H and O–H groups in total. The molecule has 0 heterocycles. The smallest absolute Gasteiger partial charge is 0.0222 e. The van der Waals surface area contributed by atoms with Crippen molar-refractivity contribution in [3.63, 3.8) is 0 Å². The zero-order chi connectivity index (χ0) is 13.7. The van der Waals surface area contributed by atoms with Crippen LogP contribution in [0.4, 0.5) is 0 Å². The highest BCUT2D eigenvalue weighted by Gasteiger charge is 2.20. The second-order valence-corrected chi connectivity index (χ2v) is 6.84. The highest BCUT2D eigenvalue weighted by molar-refractivity contribution is 9.10. The SMILES string of the molecule is CCCC1CCC(NCc2ccc(C)cc2Br)CC1. The van der Waals surface area contributed by atoms with E-state index in [1.807, 2.05) is 0 Å². The molecule has 0 aromatic heterocycles. The van der Waals surface area contributed by atoms with Crippen molar-refractivity contribution < 1.29 is 0 Å². The molecule has 1 aliphatic rings. The highest BCUT2D eigenvalue weighted by atomic mass is 79.9. The van der Waals surface area contributed by atoms with Crippen LogP contribution in [0.3, 0.4) is 0 Å². The van der Waals surface area contributed by atoms with E-state index in [0.29, 0.717) is 0 Å². The van der Waals surface area contributed by atoms with E-state index in [1.54, 1.807) is 0 Å². The quantitative estimate of drug-likeness (QED) is 0.784. The van der Waals surface area contributed by atoms with Crippen LogP contribution in [0.25, 0.3) is 0 Å². The number of benzene rings is 1. The Morgan fingerprint density at radius 1 is 1.21 bits per heavy atom. The second-order valence-electron chi connectivity index (χ2n) is 5.98. The predicted molar refractivity (Wildman–Crippen MR) is 86.4 cm³/mol. The summed E-state index contributed by atoms with van der Waals surface area (Å²) in [4.78, 5) is 0. The summed E-state index contributed by atoms with van der Waals surface area (Å²) < 4.78 is 1.24. The largest absolute Gasteiger partial charge is 0.310 e. The Bertz CT molecular complexity index is 394. The Balaban J connectivity index is 1.77. The van der Waals surface area contributed by atoms with Gasteiger partial charge in [0.2, 0.25) is 0 Å². The van der Waals surface area contributed by atoms with Gasteiger partial charge in [-0.15, -0.1) is 0 Å². The Kier molecular flexibility index (Phi) is 5.90. The Morgan fingerprint density at radius 2 is 1.95 bits per heavy atom. The maximum atomic E-state index is 3.73. The molecule has 1 saturated carbocycles. The lowest BCUT2D eigenvalue weighted by Gasteiger charge is -2.29. The average molecular weight is 324 g/mol.